The molecule has 0 bridgehead atoms. The Labute approximate surface area is 243 Å². The number of nitrogens with zero attached hydrogens (tertiary/aromatic N) is 1. The first-order valence-electron chi connectivity index (χ1n) is 14.9. The lowest BCUT2D eigenvalue weighted by Crippen LogP contribution is -2.43. The van der Waals surface area contributed by atoms with Gasteiger partial charge in [0.05, 0.1) is 5.92 Å². The highest BCUT2D eigenvalue weighted by Gasteiger charge is 2.40. The van der Waals surface area contributed by atoms with E-state index in [1.54, 1.807) is 0 Å². The second-order valence-corrected chi connectivity index (χ2v) is 15.5. The Balaban J connectivity index is 1.74. The van der Waals surface area contributed by atoms with Gasteiger partial charge in [0.25, 0.3) is 0 Å². The summed E-state index contributed by atoms with van der Waals surface area (Å²) in [5.74, 6) is 1.06. The van der Waals surface area contributed by atoms with Crippen LogP contribution in [0.15, 0.2) is 54.6 Å². The van der Waals surface area contributed by atoms with E-state index in [1.807, 2.05) is 26.0 Å². The van der Waals surface area contributed by atoms with Gasteiger partial charge in [-0.3, -0.25) is 4.79 Å². The second-order valence-electron chi connectivity index (χ2n) is 15.5. The van der Waals surface area contributed by atoms with Crippen LogP contribution in [0.25, 0.3) is 22.2 Å². The van der Waals surface area contributed by atoms with E-state index in [4.69, 9.17) is 9.47 Å². The fraction of sp³-hybridized carbons (Fsp3) is 0.583. The van der Waals surface area contributed by atoms with E-state index >= 15 is 0 Å². The van der Waals surface area contributed by atoms with Crippen molar-refractivity contribution in [2.24, 2.45) is 22.7 Å². The molecule has 1 atom stereocenters. The number of ether oxygens (including phenoxy) is 2. The molecule has 0 aliphatic carbocycles. The standard InChI is InChI=1S/C36H53NO3/c1-25(2)23-37-30-16-14-13-15-27(30)21-31(37)26-17-19-28(20-18-26)39-35(9,10)24-36(11,12)40-32(38)29(34(6,7)8)22-33(3,4)5/h13-21,25,29H,22-24H2,1-12H3. The van der Waals surface area contributed by atoms with Crippen LogP contribution in [0.4, 0.5) is 0 Å². The first kappa shape index (κ1) is 31.8. The van der Waals surface area contributed by atoms with E-state index in [0.717, 1.165) is 18.7 Å². The SMILES string of the molecule is CC(C)Cn1c(-c2ccc(OC(C)(C)CC(C)(C)OC(=O)C(CC(C)(C)C)C(C)(C)C)cc2)cc2ccccc21. The van der Waals surface area contributed by atoms with E-state index in [1.165, 1.54) is 22.2 Å². The molecule has 1 aromatic heterocycles. The summed E-state index contributed by atoms with van der Waals surface area (Å²) in [6.45, 7) is 26.5. The molecule has 4 nitrogen and oxygen atoms in total. The van der Waals surface area contributed by atoms with E-state index in [2.05, 4.69) is 116 Å². The smallest absolute Gasteiger partial charge is 0.310 e. The van der Waals surface area contributed by atoms with Gasteiger partial charge in [-0.1, -0.05) is 73.6 Å². The third-order valence-corrected chi connectivity index (χ3v) is 7.28. The van der Waals surface area contributed by atoms with Crippen molar-refractivity contribution in [1.82, 2.24) is 4.57 Å². The first-order chi connectivity index (χ1) is 18.3. The minimum Gasteiger partial charge on any atom is -0.488 e. The minimum absolute atomic E-state index is 0.0405. The van der Waals surface area contributed by atoms with Crippen molar-refractivity contribution >= 4 is 16.9 Å². The summed E-state index contributed by atoms with van der Waals surface area (Å²) >= 11 is 0. The number of para-hydroxylation sites is 1. The molecule has 0 saturated heterocycles. The molecule has 0 fully saturated rings. The van der Waals surface area contributed by atoms with Crippen LogP contribution in [0.3, 0.4) is 0 Å². The molecular formula is C36H53NO3. The predicted octanol–water partition coefficient (Wildman–Crippen LogP) is 9.93. The third-order valence-electron chi connectivity index (χ3n) is 7.28. The summed E-state index contributed by atoms with van der Waals surface area (Å²) in [7, 11) is 0. The molecule has 3 rings (SSSR count). The average molecular weight is 548 g/mol. The molecular weight excluding hydrogens is 494 g/mol. The highest BCUT2D eigenvalue weighted by atomic mass is 16.6. The molecule has 1 heterocycles. The predicted molar refractivity (Wildman–Crippen MR) is 169 cm³/mol. The van der Waals surface area contributed by atoms with Gasteiger partial charge in [-0.05, 0) is 92.8 Å². The number of aromatic nitrogens is 1. The minimum atomic E-state index is -0.667. The zero-order valence-corrected chi connectivity index (χ0v) is 27.1. The molecule has 0 radical (unpaired) electrons. The Kier molecular flexibility index (Phi) is 9.23. The Hall–Kier alpha value is -2.75. The van der Waals surface area contributed by atoms with Gasteiger partial charge in [0.15, 0.2) is 0 Å². The van der Waals surface area contributed by atoms with Gasteiger partial charge < -0.3 is 14.0 Å². The normalized spacial score (nSPS) is 14.0. The number of benzene rings is 2. The van der Waals surface area contributed by atoms with Crippen molar-refractivity contribution < 1.29 is 14.3 Å². The summed E-state index contributed by atoms with van der Waals surface area (Å²) in [5, 5.41) is 1.26. The van der Waals surface area contributed by atoms with Gasteiger partial charge in [-0.15, -0.1) is 0 Å². The summed E-state index contributed by atoms with van der Waals surface area (Å²) in [6.07, 6.45) is 1.36. The molecule has 220 valence electrons. The number of hydrogen-bond acceptors (Lipinski definition) is 3. The van der Waals surface area contributed by atoms with Gasteiger partial charge in [-0.25, -0.2) is 0 Å². The van der Waals surface area contributed by atoms with Crippen molar-refractivity contribution in [2.75, 3.05) is 0 Å². The molecule has 1 unspecified atom stereocenters. The number of carbonyl (C=O) groups excluding carboxylic acids is 1. The highest BCUT2D eigenvalue weighted by Crippen LogP contribution is 2.39. The molecule has 0 amide bonds. The van der Waals surface area contributed by atoms with Gasteiger partial charge in [-0.2, -0.15) is 0 Å². The molecule has 0 N–H and O–H groups in total. The van der Waals surface area contributed by atoms with Crippen LogP contribution < -0.4 is 4.74 Å². The fourth-order valence-corrected chi connectivity index (χ4v) is 5.82. The number of esters is 1. The average Bonchev–Trinajstić information content (AvgIpc) is 3.13. The molecule has 0 saturated carbocycles. The van der Waals surface area contributed by atoms with Crippen LogP contribution in [0.5, 0.6) is 5.75 Å². The maximum absolute atomic E-state index is 13.4. The second kappa shape index (κ2) is 11.6. The largest absolute Gasteiger partial charge is 0.488 e. The third kappa shape index (κ3) is 8.62. The molecule has 0 aliphatic heterocycles. The monoisotopic (exact) mass is 547 g/mol. The topological polar surface area (TPSA) is 40.5 Å². The number of hydrogen-bond donors (Lipinski definition) is 0. The lowest BCUT2D eigenvalue weighted by atomic mass is 9.72. The van der Waals surface area contributed by atoms with Crippen molar-refractivity contribution in [3.05, 3.63) is 54.6 Å². The molecule has 0 aliphatic rings. The lowest BCUT2D eigenvalue weighted by molar-refractivity contribution is -0.170. The lowest BCUT2D eigenvalue weighted by Gasteiger charge is -2.39. The van der Waals surface area contributed by atoms with Crippen LogP contribution in [0, 0.1) is 22.7 Å². The quantitative estimate of drug-likeness (QED) is 0.237. The van der Waals surface area contributed by atoms with E-state index in [-0.39, 0.29) is 22.7 Å². The summed E-state index contributed by atoms with van der Waals surface area (Å²) in [4.78, 5) is 13.4. The van der Waals surface area contributed by atoms with E-state index in [9.17, 15) is 4.79 Å². The van der Waals surface area contributed by atoms with Crippen molar-refractivity contribution in [2.45, 2.75) is 114 Å². The van der Waals surface area contributed by atoms with Crippen LogP contribution in [-0.2, 0) is 16.1 Å². The number of fused-ring (bicyclic) bond motifs is 1. The summed E-state index contributed by atoms with van der Waals surface area (Å²) in [6, 6.07) is 19.2. The van der Waals surface area contributed by atoms with Crippen LogP contribution in [0.1, 0.15) is 95.9 Å². The summed E-state index contributed by atoms with van der Waals surface area (Å²) in [5.41, 5.74) is 2.33. The van der Waals surface area contributed by atoms with E-state index < -0.39 is 11.2 Å². The van der Waals surface area contributed by atoms with Crippen molar-refractivity contribution in [1.29, 1.82) is 0 Å². The van der Waals surface area contributed by atoms with Crippen molar-refractivity contribution in [3.63, 3.8) is 0 Å². The Morgan fingerprint density at radius 1 is 0.825 bits per heavy atom. The molecule has 40 heavy (non-hydrogen) atoms. The maximum atomic E-state index is 13.4. The van der Waals surface area contributed by atoms with Gasteiger partial charge >= 0.3 is 5.97 Å². The molecule has 3 aromatic rings. The fourth-order valence-electron chi connectivity index (χ4n) is 5.82. The highest BCUT2D eigenvalue weighted by molar-refractivity contribution is 5.87. The first-order valence-corrected chi connectivity index (χ1v) is 14.9. The van der Waals surface area contributed by atoms with Gasteiger partial charge in [0, 0.05) is 29.6 Å². The number of rotatable bonds is 10. The zero-order valence-electron chi connectivity index (χ0n) is 27.1. The Bertz CT molecular complexity index is 1280. The van der Waals surface area contributed by atoms with Gasteiger partial charge in [0.1, 0.15) is 17.0 Å². The molecule has 0 spiro atoms. The van der Waals surface area contributed by atoms with Gasteiger partial charge in [0.2, 0.25) is 0 Å². The Morgan fingerprint density at radius 2 is 1.43 bits per heavy atom. The van der Waals surface area contributed by atoms with Crippen LogP contribution in [-0.4, -0.2) is 21.7 Å². The number of carbonyl (C=O) groups is 1. The van der Waals surface area contributed by atoms with Crippen molar-refractivity contribution in [3.8, 4) is 17.0 Å². The Morgan fingerprint density at radius 3 is 1.98 bits per heavy atom. The van der Waals surface area contributed by atoms with Crippen LogP contribution >= 0.6 is 0 Å². The molecule has 2 aromatic carbocycles. The zero-order chi connectivity index (χ0) is 30.1. The summed E-state index contributed by atoms with van der Waals surface area (Å²) < 4.78 is 15.1. The molecule has 4 heteroatoms. The van der Waals surface area contributed by atoms with E-state index in [0.29, 0.717) is 12.3 Å². The van der Waals surface area contributed by atoms with Crippen LogP contribution in [0.2, 0.25) is 0 Å². The maximum Gasteiger partial charge on any atom is 0.310 e.